The Bertz CT molecular complexity index is 554. The highest BCUT2D eigenvalue weighted by Crippen LogP contribution is 2.09. The van der Waals surface area contributed by atoms with E-state index in [4.69, 9.17) is 10.00 Å². The van der Waals surface area contributed by atoms with E-state index in [1.807, 2.05) is 6.07 Å². The first-order chi connectivity index (χ1) is 9.56. The molecule has 0 spiro atoms. The maximum atomic E-state index is 11.6. The first-order valence-electron chi connectivity index (χ1n) is 5.82. The zero-order valence-electron chi connectivity index (χ0n) is 11.6. The molecule has 1 aromatic carbocycles. The van der Waals surface area contributed by atoms with Crippen LogP contribution in [0.1, 0.15) is 5.56 Å². The van der Waals surface area contributed by atoms with E-state index < -0.39 is 5.91 Å². The Balaban J connectivity index is 2.63. The van der Waals surface area contributed by atoms with Gasteiger partial charge in [0, 0.05) is 20.3 Å². The fourth-order valence-electron chi connectivity index (χ4n) is 1.31. The standard InChI is InChI=1S/C14H16N4O2/c1-18(2)10-12(8-15)14(19)17-16-9-11-4-6-13(20-3)7-5-11/h4-7,9-10H,1-3H3,(H,17,19). The van der Waals surface area contributed by atoms with E-state index in [-0.39, 0.29) is 5.57 Å². The number of nitrogens with zero attached hydrogens (tertiary/aromatic N) is 3. The number of benzene rings is 1. The van der Waals surface area contributed by atoms with E-state index in [2.05, 4.69) is 10.5 Å². The average molecular weight is 272 g/mol. The van der Waals surface area contributed by atoms with Crippen LogP contribution in [0.5, 0.6) is 5.75 Å². The summed E-state index contributed by atoms with van der Waals surface area (Å²) in [5, 5.41) is 12.6. The van der Waals surface area contributed by atoms with Crippen LogP contribution < -0.4 is 10.2 Å². The number of hydrogen-bond donors (Lipinski definition) is 1. The van der Waals surface area contributed by atoms with E-state index in [9.17, 15) is 4.79 Å². The largest absolute Gasteiger partial charge is 0.497 e. The summed E-state index contributed by atoms with van der Waals surface area (Å²) in [6.45, 7) is 0. The van der Waals surface area contributed by atoms with Gasteiger partial charge in [-0.1, -0.05) is 0 Å². The zero-order valence-corrected chi connectivity index (χ0v) is 11.6. The van der Waals surface area contributed by atoms with Crippen LogP contribution in [0.3, 0.4) is 0 Å². The van der Waals surface area contributed by atoms with Gasteiger partial charge in [0.05, 0.1) is 13.3 Å². The summed E-state index contributed by atoms with van der Waals surface area (Å²) in [5.41, 5.74) is 3.09. The molecule has 0 aromatic heterocycles. The molecular formula is C14H16N4O2. The SMILES string of the molecule is COc1ccc(C=NNC(=O)C(C#N)=CN(C)C)cc1. The summed E-state index contributed by atoms with van der Waals surface area (Å²) >= 11 is 0. The monoisotopic (exact) mass is 272 g/mol. The quantitative estimate of drug-likeness (QED) is 0.377. The number of carbonyl (C=O) groups is 1. The van der Waals surface area contributed by atoms with Gasteiger partial charge in [-0.2, -0.15) is 10.4 Å². The van der Waals surface area contributed by atoms with E-state index in [0.717, 1.165) is 11.3 Å². The summed E-state index contributed by atoms with van der Waals surface area (Å²) in [6, 6.07) is 8.99. The van der Waals surface area contributed by atoms with Crippen LogP contribution in [0, 0.1) is 11.3 Å². The van der Waals surface area contributed by atoms with E-state index in [0.29, 0.717) is 0 Å². The molecule has 6 heteroatoms. The minimum atomic E-state index is -0.550. The highest BCUT2D eigenvalue weighted by atomic mass is 16.5. The number of nitrogens with one attached hydrogen (secondary N) is 1. The van der Waals surface area contributed by atoms with E-state index in [1.165, 1.54) is 12.4 Å². The molecule has 0 unspecified atom stereocenters. The van der Waals surface area contributed by atoms with E-state index >= 15 is 0 Å². The molecule has 0 fully saturated rings. The van der Waals surface area contributed by atoms with Crippen molar-refractivity contribution >= 4 is 12.1 Å². The molecule has 0 aliphatic carbocycles. The fourth-order valence-corrected chi connectivity index (χ4v) is 1.31. The fraction of sp³-hybridized carbons (Fsp3) is 0.214. The predicted octanol–water partition coefficient (Wildman–Crippen LogP) is 1.11. The molecule has 0 radical (unpaired) electrons. The summed E-state index contributed by atoms with van der Waals surface area (Å²) < 4.78 is 5.03. The summed E-state index contributed by atoms with van der Waals surface area (Å²) in [7, 11) is 5.04. The first kappa shape index (κ1) is 15.2. The molecule has 0 aliphatic rings. The molecule has 0 saturated carbocycles. The van der Waals surface area contributed by atoms with Crippen molar-refractivity contribution in [3.8, 4) is 11.8 Å². The second-order valence-corrected chi connectivity index (χ2v) is 4.09. The van der Waals surface area contributed by atoms with Gasteiger partial charge in [-0.05, 0) is 29.8 Å². The van der Waals surface area contributed by atoms with Crippen molar-refractivity contribution in [1.29, 1.82) is 5.26 Å². The first-order valence-corrected chi connectivity index (χ1v) is 5.82. The molecule has 0 heterocycles. The Morgan fingerprint density at radius 1 is 1.40 bits per heavy atom. The Hall–Kier alpha value is -2.81. The van der Waals surface area contributed by atoms with Crippen molar-refractivity contribution < 1.29 is 9.53 Å². The minimum Gasteiger partial charge on any atom is -0.497 e. The Kier molecular flexibility index (Phi) is 5.78. The molecule has 6 nitrogen and oxygen atoms in total. The maximum absolute atomic E-state index is 11.6. The van der Waals surface area contributed by atoms with Crippen molar-refractivity contribution in [1.82, 2.24) is 10.3 Å². The van der Waals surface area contributed by atoms with E-state index in [1.54, 1.807) is 50.4 Å². The zero-order chi connectivity index (χ0) is 15.0. The topological polar surface area (TPSA) is 77.7 Å². The lowest BCUT2D eigenvalue weighted by Crippen LogP contribution is -2.20. The minimum absolute atomic E-state index is 0.0121. The van der Waals surface area contributed by atoms with Crippen LogP contribution in [0.15, 0.2) is 41.1 Å². The molecule has 0 atom stereocenters. The Morgan fingerprint density at radius 2 is 2.05 bits per heavy atom. The smallest absolute Gasteiger partial charge is 0.283 e. The molecule has 20 heavy (non-hydrogen) atoms. The summed E-state index contributed by atoms with van der Waals surface area (Å²) in [4.78, 5) is 13.3. The van der Waals surface area contributed by atoms with Crippen molar-refractivity contribution in [2.75, 3.05) is 21.2 Å². The molecular weight excluding hydrogens is 256 g/mol. The molecule has 1 aromatic rings. The van der Waals surface area contributed by atoms with Crippen LogP contribution in [0.2, 0.25) is 0 Å². The molecule has 1 rings (SSSR count). The van der Waals surface area contributed by atoms with Gasteiger partial charge in [0.25, 0.3) is 5.91 Å². The molecule has 0 aliphatic heterocycles. The number of ether oxygens (including phenoxy) is 1. The number of nitriles is 1. The number of hydrazone groups is 1. The van der Waals surface area contributed by atoms with Gasteiger partial charge in [0.15, 0.2) is 0 Å². The van der Waals surface area contributed by atoms with Gasteiger partial charge < -0.3 is 9.64 Å². The number of amides is 1. The van der Waals surface area contributed by atoms with Crippen molar-refractivity contribution in [2.24, 2.45) is 5.10 Å². The molecule has 0 bridgehead atoms. The molecule has 1 amide bonds. The lowest BCUT2D eigenvalue weighted by atomic mass is 10.2. The molecule has 104 valence electrons. The summed E-state index contributed by atoms with van der Waals surface area (Å²) in [5.74, 6) is 0.192. The number of methoxy groups -OCH3 is 1. The van der Waals surface area contributed by atoms with Crippen LogP contribution in [-0.2, 0) is 4.79 Å². The van der Waals surface area contributed by atoms with Gasteiger partial charge in [0.1, 0.15) is 17.4 Å². The maximum Gasteiger partial charge on any atom is 0.283 e. The number of carbonyl (C=O) groups excluding carboxylic acids is 1. The Labute approximate surface area is 118 Å². The third-order valence-electron chi connectivity index (χ3n) is 2.25. The predicted molar refractivity (Wildman–Crippen MR) is 76.1 cm³/mol. The van der Waals surface area contributed by atoms with Gasteiger partial charge in [-0.3, -0.25) is 4.79 Å². The highest BCUT2D eigenvalue weighted by molar-refractivity contribution is 5.97. The second kappa shape index (κ2) is 7.59. The normalized spacial score (nSPS) is 11.0. The second-order valence-electron chi connectivity index (χ2n) is 4.09. The third-order valence-corrected chi connectivity index (χ3v) is 2.25. The third kappa shape index (κ3) is 4.82. The highest BCUT2D eigenvalue weighted by Gasteiger charge is 2.07. The van der Waals surface area contributed by atoms with Crippen molar-refractivity contribution in [3.05, 3.63) is 41.6 Å². The van der Waals surface area contributed by atoms with Gasteiger partial charge in [-0.15, -0.1) is 0 Å². The summed E-state index contributed by atoms with van der Waals surface area (Å²) in [6.07, 6.45) is 2.92. The Morgan fingerprint density at radius 3 is 2.55 bits per heavy atom. The van der Waals surface area contributed by atoms with Crippen LogP contribution in [0.4, 0.5) is 0 Å². The van der Waals surface area contributed by atoms with Crippen molar-refractivity contribution in [3.63, 3.8) is 0 Å². The van der Waals surface area contributed by atoms with Crippen LogP contribution >= 0.6 is 0 Å². The number of hydrogen-bond acceptors (Lipinski definition) is 5. The van der Waals surface area contributed by atoms with Gasteiger partial charge in [0.2, 0.25) is 0 Å². The number of rotatable bonds is 5. The lowest BCUT2D eigenvalue weighted by molar-refractivity contribution is -0.117. The molecule has 0 saturated heterocycles. The lowest BCUT2D eigenvalue weighted by Gasteiger charge is -2.05. The average Bonchev–Trinajstić information content (AvgIpc) is 2.45. The van der Waals surface area contributed by atoms with Gasteiger partial charge in [-0.25, -0.2) is 5.43 Å². The van der Waals surface area contributed by atoms with Gasteiger partial charge >= 0.3 is 0 Å². The van der Waals surface area contributed by atoms with Crippen LogP contribution in [-0.4, -0.2) is 38.2 Å². The van der Waals surface area contributed by atoms with Crippen LogP contribution in [0.25, 0.3) is 0 Å². The van der Waals surface area contributed by atoms with Crippen molar-refractivity contribution in [2.45, 2.75) is 0 Å². The molecule has 1 N–H and O–H groups in total.